The van der Waals surface area contributed by atoms with Crippen LogP contribution in [0.3, 0.4) is 0 Å². The minimum absolute atomic E-state index is 0.0206. The third kappa shape index (κ3) is 1.84. The molecule has 1 aromatic rings. The average Bonchev–Trinajstić information content (AvgIpc) is 2.27. The Hall–Kier alpha value is -1.82. The summed E-state index contributed by atoms with van der Waals surface area (Å²) in [7, 11) is 0. The van der Waals surface area contributed by atoms with Gasteiger partial charge in [0.1, 0.15) is 11.9 Å². The van der Waals surface area contributed by atoms with Gasteiger partial charge in [0.15, 0.2) is 0 Å². The van der Waals surface area contributed by atoms with E-state index in [1.807, 2.05) is 0 Å². The van der Waals surface area contributed by atoms with Crippen LogP contribution in [0.1, 0.15) is 0 Å². The molecule has 0 spiro atoms. The first kappa shape index (κ1) is 9.72. The molecule has 1 aliphatic heterocycles. The maximum absolute atomic E-state index is 10.5. The topological polar surface area (TPSA) is 84.6 Å². The molecule has 0 saturated carbocycles. The third-order valence-electron chi connectivity index (χ3n) is 2.19. The number of aliphatic hydroxyl groups is 1. The van der Waals surface area contributed by atoms with Crippen molar-refractivity contribution in [3.63, 3.8) is 0 Å². The van der Waals surface area contributed by atoms with Gasteiger partial charge < -0.3 is 15.2 Å². The summed E-state index contributed by atoms with van der Waals surface area (Å²) in [5, 5.41) is 22.4. The number of hydrogen-bond donors (Lipinski definition) is 2. The van der Waals surface area contributed by atoms with Gasteiger partial charge in [-0.3, -0.25) is 10.1 Å². The molecule has 0 unspecified atom stereocenters. The molecular weight excluding hydrogens is 200 g/mol. The van der Waals surface area contributed by atoms with Gasteiger partial charge in [-0.1, -0.05) is 0 Å². The number of nitrogens with zero attached hydrogens (tertiary/aromatic N) is 1. The number of anilines is 1. The largest absolute Gasteiger partial charge is 0.484 e. The molecule has 0 bridgehead atoms. The number of rotatable bonds is 2. The molecule has 6 nitrogen and oxygen atoms in total. The highest BCUT2D eigenvalue weighted by Crippen LogP contribution is 2.32. The molecule has 0 saturated heterocycles. The molecule has 1 aromatic carbocycles. The summed E-state index contributed by atoms with van der Waals surface area (Å²) in [6.45, 7) is 0.369. The number of hydrogen-bond acceptors (Lipinski definition) is 5. The van der Waals surface area contributed by atoms with Gasteiger partial charge in [-0.2, -0.15) is 0 Å². The molecule has 1 atom stereocenters. The number of fused-ring (bicyclic) bond motifs is 1. The molecule has 0 aliphatic carbocycles. The van der Waals surface area contributed by atoms with Crippen LogP contribution < -0.4 is 10.1 Å². The summed E-state index contributed by atoms with van der Waals surface area (Å²) < 4.78 is 5.38. The summed E-state index contributed by atoms with van der Waals surface area (Å²) in [6, 6.07) is 4.32. The van der Waals surface area contributed by atoms with Crippen molar-refractivity contribution >= 4 is 11.4 Å². The summed E-state index contributed by atoms with van der Waals surface area (Å²) in [4.78, 5) is 10.0. The fraction of sp³-hybridized carbons (Fsp3) is 0.333. The van der Waals surface area contributed by atoms with Crippen LogP contribution in [0, 0.1) is 10.1 Å². The van der Waals surface area contributed by atoms with Crippen molar-refractivity contribution in [2.24, 2.45) is 0 Å². The van der Waals surface area contributed by atoms with E-state index in [-0.39, 0.29) is 18.4 Å². The summed E-state index contributed by atoms with van der Waals surface area (Å²) in [6.07, 6.45) is -0.293. The van der Waals surface area contributed by atoms with Crippen molar-refractivity contribution in [1.29, 1.82) is 0 Å². The lowest BCUT2D eigenvalue weighted by Gasteiger charge is -2.25. The van der Waals surface area contributed by atoms with Gasteiger partial charge >= 0.3 is 0 Å². The Balaban J connectivity index is 2.28. The van der Waals surface area contributed by atoms with Crippen LogP contribution in [-0.4, -0.2) is 29.3 Å². The Morgan fingerprint density at radius 3 is 3.13 bits per heavy atom. The molecule has 0 amide bonds. The first-order valence-electron chi connectivity index (χ1n) is 4.50. The van der Waals surface area contributed by atoms with Crippen LogP contribution >= 0.6 is 0 Å². The minimum Gasteiger partial charge on any atom is -0.484 e. The van der Waals surface area contributed by atoms with Crippen molar-refractivity contribution in [3.8, 4) is 5.75 Å². The van der Waals surface area contributed by atoms with Crippen molar-refractivity contribution in [1.82, 2.24) is 0 Å². The van der Waals surface area contributed by atoms with Crippen LogP contribution in [0.4, 0.5) is 11.4 Å². The van der Waals surface area contributed by atoms with E-state index in [2.05, 4.69) is 5.32 Å². The lowest BCUT2D eigenvalue weighted by molar-refractivity contribution is -0.384. The molecule has 15 heavy (non-hydrogen) atoms. The van der Waals surface area contributed by atoms with Gasteiger partial charge in [-0.25, -0.2) is 0 Å². The minimum atomic E-state index is -0.458. The summed E-state index contributed by atoms with van der Waals surface area (Å²) in [5.41, 5.74) is 0.612. The number of ether oxygens (including phenoxy) is 1. The standard InChI is InChI=1S/C9H10N2O4/c12-5-7-4-10-8-3-6(11(13)14)1-2-9(8)15-7/h1-3,7,10,12H,4-5H2/t7-/m0/s1. The first-order valence-corrected chi connectivity index (χ1v) is 4.50. The smallest absolute Gasteiger partial charge is 0.271 e. The lowest BCUT2D eigenvalue weighted by Crippen LogP contribution is -2.33. The molecule has 0 fully saturated rings. The van der Waals surface area contributed by atoms with Crippen molar-refractivity contribution in [2.45, 2.75) is 6.10 Å². The monoisotopic (exact) mass is 210 g/mol. The van der Waals surface area contributed by atoms with Crippen molar-refractivity contribution in [3.05, 3.63) is 28.3 Å². The van der Waals surface area contributed by atoms with E-state index >= 15 is 0 Å². The Morgan fingerprint density at radius 2 is 2.47 bits per heavy atom. The Bertz CT molecular complexity index is 394. The summed E-state index contributed by atoms with van der Waals surface area (Å²) in [5.74, 6) is 0.533. The number of aliphatic hydroxyl groups excluding tert-OH is 1. The van der Waals surface area contributed by atoms with Crippen LogP contribution in [0.15, 0.2) is 18.2 Å². The Morgan fingerprint density at radius 1 is 1.67 bits per heavy atom. The predicted octanol–water partition coefficient (Wildman–Crippen LogP) is 0.760. The van der Waals surface area contributed by atoms with Crippen molar-refractivity contribution < 1.29 is 14.8 Å². The quantitative estimate of drug-likeness (QED) is 0.556. The molecule has 1 aliphatic rings. The second-order valence-corrected chi connectivity index (χ2v) is 3.24. The van der Waals surface area contributed by atoms with E-state index in [1.165, 1.54) is 18.2 Å². The second kappa shape index (κ2) is 3.74. The first-order chi connectivity index (χ1) is 7.20. The van der Waals surface area contributed by atoms with Crippen LogP contribution in [-0.2, 0) is 0 Å². The summed E-state index contributed by atoms with van der Waals surface area (Å²) >= 11 is 0. The van der Waals surface area contributed by atoms with Crippen LogP contribution in [0.5, 0.6) is 5.75 Å². The number of benzene rings is 1. The van der Waals surface area contributed by atoms with E-state index in [4.69, 9.17) is 9.84 Å². The number of non-ortho nitro benzene ring substituents is 1. The SMILES string of the molecule is O=[N+]([O-])c1ccc2c(c1)NC[C@@H](CO)O2. The van der Waals surface area contributed by atoms with E-state index in [9.17, 15) is 10.1 Å². The average molecular weight is 210 g/mol. The van der Waals surface area contributed by atoms with E-state index < -0.39 is 4.92 Å². The van der Waals surface area contributed by atoms with Gasteiger partial charge in [0.05, 0.1) is 23.8 Å². The molecule has 2 rings (SSSR count). The fourth-order valence-electron chi connectivity index (χ4n) is 1.42. The Kier molecular flexibility index (Phi) is 2.42. The highest BCUT2D eigenvalue weighted by molar-refractivity contribution is 5.62. The van der Waals surface area contributed by atoms with Gasteiger partial charge in [0, 0.05) is 12.1 Å². The van der Waals surface area contributed by atoms with E-state index in [1.54, 1.807) is 0 Å². The number of nitro benzene ring substituents is 1. The van der Waals surface area contributed by atoms with E-state index in [0.29, 0.717) is 18.0 Å². The molecular formula is C9H10N2O4. The normalized spacial score (nSPS) is 18.6. The lowest BCUT2D eigenvalue weighted by atomic mass is 10.2. The zero-order chi connectivity index (χ0) is 10.8. The van der Waals surface area contributed by atoms with Gasteiger partial charge in [-0.15, -0.1) is 0 Å². The Labute approximate surface area is 85.6 Å². The molecule has 0 radical (unpaired) electrons. The van der Waals surface area contributed by atoms with Crippen LogP contribution in [0.25, 0.3) is 0 Å². The highest BCUT2D eigenvalue weighted by atomic mass is 16.6. The molecule has 2 N–H and O–H groups in total. The van der Waals surface area contributed by atoms with E-state index in [0.717, 1.165) is 0 Å². The second-order valence-electron chi connectivity index (χ2n) is 3.24. The zero-order valence-electron chi connectivity index (χ0n) is 7.84. The van der Waals surface area contributed by atoms with Crippen LogP contribution in [0.2, 0.25) is 0 Å². The maximum atomic E-state index is 10.5. The zero-order valence-corrected chi connectivity index (χ0v) is 7.84. The molecule has 80 valence electrons. The molecule has 6 heteroatoms. The highest BCUT2D eigenvalue weighted by Gasteiger charge is 2.20. The third-order valence-corrected chi connectivity index (χ3v) is 2.19. The number of nitrogens with one attached hydrogen (secondary N) is 1. The maximum Gasteiger partial charge on any atom is 0.271 e. The van der Waals surface area contributed by atoms with Crippen molar-refractivity contribution in [2.75, 3.05) is 18.5 Å². The fourth-order valence-corrected chi connectivity index (χ4v) is 1.42. The molecule has 0 aromatic heterocycles. The van der Waals surface area contributed by atoms with Gasteiger partial charge in [0.2, 0.25) is 0 Å². The molecule has 1 heterocycles. The van der Waals surface area contributed by atoms with Gasteiger partial charge in [-0.05, 0) is 6.07 Å². The number of nitro groups is 1. The predicted molar refractivity (Wildman–Crippen MR) is 53.1 cm³/mol. The van der Waals surface area contributed by atoms with Gasteiger partial charge in [0.25, 0.3) is 5.69 Å².